The van der Waals surface area contributed by atoms with Crippen LogP contribution in [0.25, 0.3) is 6.08 Å². The van der Waals surface area contributed by atoms with Crippen LogP contribution < -0.4 is 20.7 Å². The first kappa shape index (κ1) is 11.0. The Morgan fingerprint density at radius 1 is 1.38 bits per heavy atom. The van der Waals surface area contributed by atoms with E-state index in [1.165, 1.54) is 0 Å². The monoisotopic (exact) mass is 221 g/mol. The molecule has 0 spiro atoms. The topological polar surface area (TPSA) is 84.9 Å². The van der Waals surface area contributed by atoms with E-state index in [-0.39, 0.29) is 6.79 Å². The Morgan fingerprint density at radius 3 is 2.88 bits per heavy atom. The van der Waals surface area contributed by atoms with E-state index in [1.807, 2.05) is 0 Å². The fourth-order valence-corrected chi connectivity index (χ4v) is 1.62. The number of hydrogen-bond acceptors (Lipinski definition) is 5. The van der Waals surface area contributed by atoms with Gasteiger partial charge in [-0.15, -0.1) is 0 Å². The smallest absolute Gasteiger partial charge is 0.454 e. The fraction of sp³-hybridized carbons (Fsp3) is 0.200. The van der Waals surface area contributed by atoms with E-state index in [1.54, 1.807) is 24.3 Å². The molecule has 1 heterocycles. The van der Waals surface area contributed by atoms with Crippen LogP contribution >= 0.6 is 0 Å². The Balaban J connectivity index is 2.49. The molecular formula is C10H12BNO4. The van der Waals surface area contributed by atoms with Gasteiger partial charge in [-0.25, -0.2) is 0 Å². The molecule has 0 bridgehead atoms. The van der Waals surface area contributed by atoms with Crippen LogP contribution in [0.3, 0.4) is 0 Å². The Bertz CT molecular complexity index is 420. The first-order valence-electron chi connectivity index (χ1n) is 4.89. The van der Waals surface area contributed by atoms with Crippen LogP contribution in [0, 0.1) is 0 Å². The minimum Gasteiger partial charge on any atom is -0.454 e. The number of hydrogen-bond donors (Lipinski definition) is 3. The molecule has 1 aromatic rings. The van der Waals surface area contributed by atoms with Gasteiger partial charge in [0.05, 0.1) is 0 Å². The largest absolute Gasteiger partial charge is 0.493 e. The van der Waals surface area contributed by atoms with Crippen LogP contribution in [0.1, 0.15) is 5.56 Å². The number of benzene rings is 1. The lowest BCUT2D eigenvalue weighted by atomic mass is 9.76. The van der Waals surface area contributed by atoms with Crippen LogP contribution in [-0.4, -0.2) is 30.5 Å². The fourth-order valence-electron chi connectivity index (χ4n) is 1.62. The molecule has 0 atom stereocenters. The van der Waals surface area contributed by atoms with Crippen LogP contribution in [-0.2, 0) is 0 Å². The molecule has 1 aliphatic rings. The van der Waals surface area contributed by atoms with Gasteiger partial charge in [0.15, 0.2) is 11.5 Å². The number of nitrogens with two attached hydrogens (primary N) is 1. The van der Waals surface area contributed by atoms with Crippen molar-refractivity contribution in [3.8, 4) is 11.5 Å². The van der Waals surface area contributed by atoms with Gasteiger partial charge in [0.2, 0.25) is 6.79 Å². The zero-order valence-corrected chi connectivity index (χ0v) is 8.59. The third-order valence-corrected chi connectivity index (χ3v) is 2.30. The summed E-state index contributed by atoms with van der Waals surface area (Å²) in [5, 5.41) is 18.6. The molecule has 5 nitrogen and oxygen atoms in total. The average molecular weight is 221 g/mol. The molecule has 4 N–H and O–H groups in total. The van der Waals surface area contributed by atoms with E-state index in [0.717, 1.165) is 0 Å². The standard InChI is InChI=1S/C10H12BNO4/c12-5-1-2-7-3-4-8-10(16-6-15-8)9(7)11(13)14/h1-4,13-14H,5-6,12H2/b2-1+. The second kappa shape index (κ2) is 4.57. The van der Waals surface area contributed by atoms with Gasteiger partial charge < -0.3 is 25.3 Å². The maximum atomic E-state index is 9.32. The van der Waals surface area contributed by atoms with Crippen LogP contribution in [0.5, 0.6) is 11.5 Å². The summed E-state index contributed by atoms with van der Waals surface area (Å²) in [7, 11) is -1.60. The van der Waals surface area contributed by atoms with Gasteiger partial charge in [0.25, 0.3) is 0 Å². The molecule has 0 saturated carbocycles. The molecule has 0 radical (unpaired) electrons. The van der Waals surface area contributed by atoms with Crippen LogP contribution in [0.15, 0.2) is 18.2 Å². The van der Waals surface area contributed by atoms with Gasteiger partial charge in [0.1, 0.15) is 0 Å². The van der Waals surface area contributed by atoms with Crippen LogP contribution in [0.4, 0.5) is 0 Å². The van der Waals surface area contributed by atoms with Crippen molar-refractivity contribution in [1.29, 1.82) is 0 Å². The van der Waals surface area contributed by atoms with Gasteiger partial charge in [-0.3, -0.25) is 0 Å². The van der Waals surface area contributed by atoms with E-state index >= 15 is 0 Å². The first-order chi connectivity index (χ1) is 7.74. The van der Waals surface area contributed by atoms with Gasteiger partial charge in [-0.1, -0.05) is 18.2 Å². The lowest BCUT2D eigenvalue weighted by Crippen LogP contribution is -2.33. The van der Waals surface area contributed by atoms with Crippen LogP contribution in [0.2, 0.25) is 0 Å². The van der Waals surface area contributed by atoms with Crippen molar-refractivity contribution in [1.82, 2.24) is 0 Å². The molecular weight excluding hydrogens is 209 g/mol. The highest BCUT2D eigenvalue weighted by Crippen LogP contribution is 2.31. The van der Waals surface area contributed by atoms with E-state index < -0.39 is 7.12 Å². The third kappa shape index (κ3) is 1.90. The van der Waals surface area contributed by atoms with E-state index in [0.29, 0.717) is 29.1 Å². The molecule has 2 rings (SSSR count). The van der Waals surface area contributed by atoms with E-state index in [4.69, 9.17) is 15.2 Å². The first-order valence-corrected chi connectivity index (χ1v) is 4.89. The predicted octanol–water partition coefficient (Wildman–Crippen LogP) is -0.933. The van der Waals surface area contributed by atoms with Crippen molar-refractivity contribution in [3.05, 3.63) is 23.8 Å². The Hall–Kier alpha value is -1.50. The molecule has 0 fully saturated rings. The minimum absolute atomic E-state index is 0.0963. The molecule has 1 aliphatic heterocycles. The van der Waals surface area contributed by atoms with Crippen molar-refractivity contribution >= 4 is 18.7 Å². The summed E-state index contributed by atoms with van der Waals surface area (Å²) in [4.78, 5) is 0. The Morgan fingerprint density at radius 2 is 2.19 bits per heavy atom. The average Bonchev–Trinajstić information content (AvgIpc) is 2.72. The summed E-state index contributed by atoms with van der Waals surface area (Å²) >= 11 is 0. The number of fused-ring (bicyclic) bond motifs is 1. The summed E-state index contributed by atoms with van der Waals surface area (Å²) in [6.07, 6.45) is 3.44. The molecule has 1 aromatic carbocycles. The highest BCUT2D eigenvalue weighted by molar-refractivity contribution is 6.61. The quantitative estimate of drug-likeness (QED) is 0.574. The summed E-state index contributed by atoms with van der Waals surface area (Å²) in [5.41, 5.74) is 6.31. The number of rotatable bonds is 3. The second-order valence-electron chi connectivity index (χ2n) is 3.31. The zero-order valence-electron chi connectivity index (χ0n) is 8.59. The summed E-state index contributed by atoms with van der Waals surface area (Å²) in [6.45, 7) is 0.481. The maximum Gasteiger partial charge on any atom is 0.493 e. The lowest BCUT2D eigenvalue weighted by molar-refractivity contribution is 0.174. The maximum absolute atomic E-state index is 9.32. The van der Waals surface area contributed by atoms with Gasteiger partial charge in [-0.2, -0.15) is 0 Å². The van der Waals surface area contributed by atoms with E-state index in [9.17, 15) is 10.0 Å². The zero-order chi connectivity index (χ0) is 11.5. The normalized spacial score (nSPS) is 13.4. The van der Waals surface area contributed by atoms with Gasteiger partial charge in [0, 0.05) is 12.0 Å². The SMILES string of the molecule is NC/C=C/c1ccc2c(c1B(O)O)OCO2. The molecule has 0 amide bonds. The molecule has 0 aromatic heterocycles. The minimum atomic E-state index is -1.60. The van der Waals surface area contributed by atoms with Gasteiger partial charge in [-0.05, 0) is 11.6 Å². The van der Waals surface area contributed by atoms with Crippen molar-refractivity contribution < 1.29 is 19.5 Å². The molecule has 0 unspecified atom stereocenters. The summed E-state index contributed by atoms with van der Waals surface area (Å²) in [6, 6.07) is 3.46. The summed E-state index contributed by atoms with van der Waals surface area (Å²) in [5.74, 6) is 0.905. The van der Waals surface area contributed by atoms with Crippen molar-refractivity contribution in [2.45, 2.75) is 0 Å². The summed E-state index contributed by atoms with van der Waals surface area (Å²) < 4.78 is 10.4. The Labute approximate surface area is 93.2 Å². The predicted molar refractivity (Wildman–Crippen MR) is 60.5 cm³/mol. The number of ether oxygens (including phenoxy) is 2. The van der Waals surface area contributed by atoms with Crippen molar-refractivity contribution in [3.63, 3.8) is 0 Å². The van der Waals surface area contributed by atoms with E-state index in [2.05, 4.69) is 0 Å². The molecule has 84 valence electrons. The molecule has 0 aliphatic carbocycles. The van der Waals surface area contributed by atoms with Crippen molar-refractivity contribution in [2.24, 2.45) is 5.73 Å². The van der Waals surface area contributed by atoms with Gasteiger partial charge >= 0.3 is 7.12 Å². The molecule has 16 heavy (non-hydrogen) atoms. The second-order valence-corrected chi connectivity index (χ2v) is 3.31. The molecule has 0 saturated heterocycles. The van der Waals surface area contributed by atoms with Crippen molar-refractivity contribution in [2.75, 3.05) is 13.3 Å². The highest BCUT2D eigenvalue weighted by atomic mass is 16.7. The molecule has 6 heteroatoms. The lowest BCUT2D eigenvalue weighted by Gasteiger charge is -2.08. The highest BCUT2D eigenvalue weighted by Gasteiger charge is 2.27. The Kier molecular flexibility index (Phi) is 3.14. The third-order valence-electron chi connectivity index (χ3n) is 2.30.